The maximum Gasteiger partial charge on any atom is 0.269 e. The first-order valence-electron chi connectivity index (χ1n) is 8.58. The van der Waals surface area contributed by atoms with Gasteiger partial charge in [0.1, 0.15) is 0 Å². The molecule has 6 heteroatoms. The van der Waals surface area contributed by atoms with Crippen molar-refractivity contribution < 1.29 is 4.79 Å². The van der Waals surface area contributed by atoms with Crippen LogP contribution in [0.15, 0.2) is 65.9 Å². The first-order valence-corrected chi connectivity index (χ1v) is 8.95. The molecule has 0 spiro atoms. The molecular formula is C20H19ClN4O. The van der Waals surface area contributed by atoms with Gasteiger partial charge in [0, 0.05) is 35.1 Å². The van der Waals surface area contributed by atoms with Crippen LogP contribution in [-0.4, -0.2) is 40.8 Å². The highest BCUT2D eigenvalue weighted by atomic mass is 35.5. The van der Waals surface area contributed by atoms with Gasteiger partial charge in [0.15, 0.2) is 0 Å². The van der Waals surface area contributed by atoms with Crippen LogP contribution in [0.1, 0.15) is 18.1 Å². The minimum Gasteiger partial charge on any atom is -0.359 e. The lowest BCUT2D eigenvalue weighted by atomic mass is 10.0. The molecule has 5 nitrogen and oxygen atoms in total. The van der Waals surface area contributed by atoms with Crippen molar-refractivity contribution in [2.45, 2.75) is 13.1 Å². The first-order chi connectivity index (χ1) is 12.7. The van der Waals surface area contributed by atoms with Gasteiger partial charge in [0.25, 0.3) is 5.91 Å². The molecule has 1 N–H and O–H groups in total. The van der Waals surface area contributed by atoms with Gasteiger partial charge in [-0.25, -0.2) is 4.99 Å². The van der Waals surface area contributed by atoms with Gasteiger partial charge in [-0.15, -0.1) is 0 Å². The Morgan fingerprint density at radius 2 is 2.00 bits per heavy atom. The van der Waals surface area contributed by atoms with Crippen molar-refractivity contribution in [2.24, 2.45) is 4.99 Å². The minimum atomic E-state index is -0.635. The Hall–Kier alpha value is -2.79. The summed E-state index contributed by atoms with van der Waals surface area (Å²) >= 11 is 6.22. The number of anilines is 1. The quantitative estimate of drug-likeness (QED) is 0.904. The van der Waals surface area contributed by atoms with Gasteiger partial charge in [-0.1, -0.05) is 41.9 Å². The van der Waals surface area contributed by atoms with E-state index in [-0.39, 0.29) is 5.91 Å². The van der Waals surface area contributed by atoms with Crippen LogP contribution in [-0.2, 0) is 4.79 Å². The topological polar surface area (TPSA) is 47.9 Å². The van der Waals surface area contributed by atoms with E-state index in [1.807, 2.05) is 59.8 Å². The molecule has 0 aromatic heterocycles. The zero-order valence-corrected chi connectivity index (χ0v) is 15.1. The predicted octanol–water partition coefficient (Wildman–Crippen LogP) is 3.52. The van der Waals surface area contributed by atoms with E-state index in [0.29, 0.717) is 11.7 Å². The fourth-order valence-corrected chi connectivity index (χ4v) is 3.34. The smallest absolute Gasteiger partial charge is 0.269 e. The highest BCUT2D eigenvalue weighted by Gasteiger charge is 2.31. The third-order valence-electron chi connectivity index (χ3n) is 4.56. The Kier molecular flexibility index (Phi) is 4.39. The molecule has 132 valence electrons. The van der Waals surface area contributed by atoms with Crippen molar-refractivity contribution in [1.29, 1.82) is 0 Å². The van der Waals surface area contributed by atoms with E-state index in [4.69, 9.17) is 16.6 Å². The summed E-state index contributed by atoms with van der Waals surface area (Å²) < 4.78 is 0. The van der Waals surface area contributed by atoms with Gasteiger partial charge in [0.2, 0.25) is 6.17 Å². The Balaban J connectivity index is 1.82. The van der Waals surface area contributed by atoms with Crippen LogP contribution in [0.2, 0.25) is 5.02 Å². The zero-order valence-electron chi connectivity index (χ0n) is 14.4. The van der Waals surface area contributed by atoms with Crippen LogP contribution >= 0.6 is 11.6 Å². The number of rotatable bonds is 3. The predicted molar refractivity (Wildman–Crippen MR) is 104 cm³/mol. The number of halogens is 1. The van der Waals surface area contributed by atoms with Crippen molar-refractivity contribution in [3.8, 4) is 0 Å². The lowest BCUT2D eigenvalue weighted by Crippen LogP contribution is -2.41. The molecule has 1 amide bonds. The van der Waals surface area contributed by atoms with Crippen molar-refractivity contribution in [3.05, 3.63) is 77.1 Å². The number of nitrogens with one attached hydrogen (secondary N) is 1. The van der Waals surface area contributed by atoms with E-state index < -0.39 is 6.17 Å². The normalized spacial score (nSPS) is 19.1. The molecule has 1 atom stereocenters. The highest BCUT2D eigenvalue weighted by Crippen LogP contribution is 2.28. The summed E-state index contributed by atoms with van der Waals surface area (Å²) in [4.78, 5) is 21.8. The molecule has 0 fully saturated rings. The molecule has 2 heterocycles. The average molecular weight is 367 g/mol. The highest BCUT2D eigenvalue weighted by molar-refractivity contribution is 6.32. The average Bonchev–Trinajstić information content (AvgIpc) is 3.08. The lowest BCUT2D eigenvalue weighted by molar-refractivity contribution is -0.120. The second-order valence-electron chi connectivity index (χ2n) is 6.26. The van der Waals surface area contributed by atoms with Crippen molar-refractivity contribution >= 4 is 28.9 Å². The maximum absolute atomic E-state index is 12.9. The summed E-state index contributed by atoms with van der Waals surface area (Å²) in [6.45, 7) is 3.60. The number of benzene rings is 2. The molecule has 0 aliphatic carbocycles. The van der Waals surface area contributed by atoms with E-state index in [1.165, 1.54) is 0 Å². The monoisotopic (exact) mass is 366 g/mol. The largest absolute Gasteiger partial charge is 0.359 e. The Morgan fingerprint density at radius 3 is 2.73 bits per heavy atom. The summed E-state index contributed by atoms with van der Waals surface area (Å²) in [5, 5.41) is 3.61. The van der Waals surface area contributed by atoms with E-state index in [0.717, 1.165) is 29.1 Å². The lowest BCUT2D eigenvalue weighted by Gasteiger charge is -2.25. The number of carbonyl (C=O) groups is 1. The van der Waals surface area contributed by atoms with Gasteiger partial charge in [0.05, 0.1) is 18.1 Å². The summed E-state index contributed by atoms with van der Waals surface area (Å²) in [7, 11) is 0. The van der Waals surface area contributed by atoms with Gasteiger partial charge in [-0.05, 0) is 25.1 Å². The Labute approximate surface area is 157 Å². The van der Waals surface area contributed by atoms with Crippen LogP contribution in [0, 0.1) is 0 Å². The van der Waals surface area contributed by atoms with E-state index >= 15 is 0 Å². The molecule has 0 radical (unpaired) electrons. The summed E-state index contributed by atoms with van der Waals surface area (Å²) in [6.07, 6.45) is 3.27. The molecule has 2 aliphatic rings. The zero-order chi connectivity index (χ0) is 18.1. The van der Waals surface area contributed by atoms with Crippen LogP contribution in [0.5, 0.6) is 0 Å². The third-order valence-corrected chi connectivity index (χ3v) is 4.80. The van der Waals surface area contributed by atoms with Crippen LogP contribution < -0.4 is 5.32 Å². The molecule has 1 unspecified atom stereocenters. The number of benzodiazepines with no additional fused rings is 1. The fraction of sp³-hybridized carbons (Fsp3) is 0.200. The summed E-state index contributed by atoms with van der Waals surface area (Å²) in [5.41, 5.74) is 3.26. The van der Waals surface area contributed by atoms with E-state index in [2.05, 4.69) is 17.1 Å². The molecule has 2 aromatic rings. The third kappa shape index (κ3) is 3.06. The number of hydrogen-bond acceptors (Lipinski definition) is 4. The number of amides is 1. The van der Waals surface area contributed by atoms with Gasteiger partial charge >= 0.3 is 0 Å². The Bertz CT molecular complexity index is 894. The summed E-state index contributed by atoms with van der Waals surface area (Å²) in [5.74, 6) is -0.151. The van der Waals surface area contributed by atoms with Crippen molar-refractivity contribution in [2.75, 3.05) is 18.5 Å². The molecule has 2 aromatic carbocycles. The molecule has 0 saturated heterocycles. The van der Waals surface area contributed by atoms with Crippen LogP contribution in [0.4, 0.5) is 5.69 Å². The molecule has 2 aliphatic heterocycles. The molecule has 0 bridgehead atoms. The minimum absolute atomic E-state index is 0.151. The first kappa shape index (κ1) is 16.7. The van der Waals surface area contributed by atoms with Gasteiger partial charge in [-0.2, -0.15) is 0 Å². The van der Waals surface area contributed by atoms with Crippen molar-refractivity contribution in [3.63, 3.8) is 0 Å². The van der Waals surface area contributed by atoms with Crippen LogP contribution in [0.3, 0.4) is 0 Å². The van der Waals surface area contributed by atoms with E-state index in [9.17, 15) is 4.79 Å². The molecule has 0 saturated carbocycles. The summed E-state index contributed by atoms with van der Waals surface area (Å²) in [6, 6.07) is 15.3. The maximum atomic E-state index is 12.9. The number of aliphatic imine (C=N–C) groups is 1. The Morgan fingerprint density at radius 1 is 1.19 bits per heavy atom. The molecular weight excluding hydrogens is 348 g/mol. The number of hydrogen-bond donors (Lipinski definition) is 1. The van der Waals surface area contributed by atoms with E-state index in [1.54, 1.807) is 6.07 Å². The second kappa shape index (κ2) is 6.84. The fourth-order valence-electron chi connectivity index (χ4n) is 3.17. The standard InChI is InChI=1S/C20H19ClN4O/c1-2-24-10-11-25(13-24)19-20(26)22-17-9-8-15(21)12-16(17)18(23-19)14-6-4-3-5-7-14/h3-12,19H,2,13H2,1H3,(H,22,26). The van der Waals surface area contributed by atoms with Crippen molar-refractivity contribution in [1.82, 2.24) is 9.80 Å². The molecule has 26 heavy (non-hydrogen) atoms. The SMILES string of the molecule is CCN1C=CN(C2N=C(c3ccccc3)c3cc(Cl)ccc3NC2=O)C1. The second-order valence-corrected chi connectivity index (χ2v) is 6.69. The molecule has 4 rings (SSSR count). The number of fused-ring (bicyclic) bond motifs is 1. The van der Waals surface area contributed by atoms with Gasteiger partial charge < -0.3 is 15.1 Å². The number of nitrogens with zero attached hydrogens (tertiary/aromatic N) is 3. The number of carbonyl (C=O) groups excluding carboxylic acids is 1. The van der Waals surface area contributed by atoms with Crippen LogP contribution in [0.25, 0.3) is 0 Å². The van der Waals surface area contributed by atoms with Gasteiger partial charge in [-0.3, -0.25) is 4.79 Å².